The average molecular weight is 303 g/mol. The van der Waals surface area contributed by atoms with Gasteiger partial charge in [-0.2, -0.15) is 9.50 Å². The minimum Gasteiger partial charge on any atom is -0.452 e. The second-order valence-corrected chi connectivity index (χ2v) is 6.14. The van der Waals surface area contributed by atoms with Crippen LogP contribution in [-0.4, -0.2) is 32.1 Å². The smallest absolute Gasteiger partial charge is 0.336 e. The van der Waals surface area contributed by atoms with Gasteiger partial charge in [0.25, 0.3) is 5.91 Å². The number of thiophene rings is 1. The van der Waals surface area contributed by atoms with E-state index >= 15 is 0 Å². The van der Waals surface area contributed by atoms with Crippen LogP contribution >= 0.6 is 11.3 Å². The number of nitrogens with two attached hydrogens (primary N) is 1. The van der Waals surface area contributed by atoms with E-state index in [2.05, 4.69) is 15.1 Å². The van der Waals surface area contributed by atoms with Gasteiger partial charge < -0.3 is 10.5 Å². The van der Waals surface area contributed by atoms with Gasteiger partial charge in [-0.1, -0.05) is 0 Å². The van der Waals surface area contributed by atoms with Gasteiger partial charge in [0.15, 0.2) is 12.3 Å². The van der Waals surface area contributed by atoms with E-state index in [1.807, 2.05) is 0 Å². The molecule has 108 valence electrons. The van der Waals surface area contributed by atoms with Crippen LogP contribution in [0.3, 0.4) is 0 Å². The van der Waals surface area contributed by atoms with Crippen molar-refractivity contribution in [1.29, 1.82) is 0 Å². The van der Waals surface area contributed by atoms with Gasteiger partial charge in [0.2, 0.25) is 0 Å². The Morgan fingerprint density at radius 3 is 3.14 bits per heavy atom. The van der Waals surface area contributed by atoms with E-state index in [0.29, 0.717) is 0 Å². The van der Waals surface area contributed by atoms with Gasteiger partial charge in [0.1, 0.15) is 11.2 Å². The molecule has 3 heterocycles. The van der Waals surface area contributed by atoms with Crippen molar-refractivity contribution in [2.45, 2.75) is 25.7 Å². The lowest BCUT2D eigenvalue weighted by Crippen LogP contribution is -2.20. The van der Waals surface area contributed by atoms with Gasteiger partial charge in [-0.05, 0) is 31.2 Å². The number of amides is 1. The number of aryl methyl sites for hydroxylation is 2. The number of nitrogens with zero attached hydrogens (tertiary/aromatic N) is 4. The van der Waals surface area contributed by atoms with Crippen LogP contribution in [0.25, 0.3) is 15.9 Å². The van der Waals surface area contributed by atoms with Crippen LogP contribution in [0.4, 0.5) is 0 Å². The molecule has 0 aromatic carbocycles. The summed E-state index contributed by atoms with van der Waals surface area (Å²) in [6, 6.07) is 0.152. The van der Waals surface area contributed by atoms with E-state index in [1.165, 1.54) is 23.3 Å². The molecule has 0 spiro atoms. The molecule has 1 aliphatic rings. The summed E-state index contributed by atoms with van der Waals surface area (Å²) in [7, 11) is 0. The van der Waals surface area contributed by atoms with Gasteiger partial charge in [-0.3, -0.25) is 4.79 Å². The molecule has 3 aromatic rings. The summed E-state index contributed by atoms with van der Waals surface area (Å²) in [5.41, 5.74) is 7.14. The Morgan fingerprint density at radius 1 is 1.43 bits per heavy atom. The SMILES string of the molecule is NC(=O)COc1nc2c3c4c(sc3ncn2n1)CCCC4. The minimum absolute atomic E-state index is 0.152. The molecular weight excluding hydrogens is 290 g/mol. The summed E-state index contributed by atoms with van der Waals surface area (Å²) in [6.45, 7) is -0.227. The number of hydrogen-bond donors (Lipinski definition) is 1. The van der Waals surface area contributed by atoms with E-state index in [0.717, 1.165) is 28.7 Å². The van der Waals surface area contributed by atoms with Gasteiger partial charge in [-0.25, -0.2) is 4.98 Å². The molecule has 0 unspecified atom stereocenters. The summed E-state index contributed by atoms with van der Waals surface area (Å²) in [4.78, 5) is 22.0. The lowest BCUT2D eigenvalue weighted by molar-refractivity contribution is -0.120. The number of carbonyl (C=O) groups is 1. The van der Waals surface area contributed by atoms with E-state index in [4.69, 9.17) is 10.5 Å². The highest BCUT2D eigenvalue weighted by atomic mass is 32.1. The lowest BCUT2D eigenvalue weighted by atomic mass is 9.97. The fourth-order valence-electron chi connectivity index (χ4n) is 2.73. The molecule has 3 aromatic heterocycles. The zero-order chi connectivity index (χ0) is 14.4. The molecular formula is C13H13N5O2S. The van der Waals surface area contributed by atoms with E-state index in [9.17, 15) is 4.79 Å². The quantitative estimate of drug-likeness (QED) is 0.781. The maximum Gasteiger partial charge on any atom is 0.336 e. The zero-order valence-corrected chi connectivity index (χ0v) is 12.0. The second-order valence-electron chi connectivity index (χ2n) is 5.05. The molecule has 21 heavy (non-hydrogen) atoms. The monoisotopic (exact) mass is 303 g/mol. The summed E-state index contributed by atoms with van der Waals surface area (Å²) < 4.78 is 6.78. The Morgan fingerprint density at radius 2 is 2.29 bits per heavy atom. The number of aromatic nitrogens is 4. The van der Waals surface area contributed by atoms with Crippen molar-refractivity contribution >= 4 is 33.1 Å². The Kier molecular flexibility index (Phi) is 2.78. The van der Waals surface area contributed by atoms with Crippen LogP contribution in [0.15, 0.2) is 6.33 Å². The normalized spacial score (nSPS) is 14.5. The highest BCUT2D eigenvalue weighted by Gasteiger charge is 2.20. The fraction of sp³-hybridized carbons (Fsp3) is 0.385. The number of carbonyl (C=O) groups excluding carboxylic acids is 1. The van der Waals surface area contributed by atoms with Crippen LogP contribution in [0.5, 0.6) is 6.01 Å². The molecule has 0 fully saturated rings. The third-order valence-electron chi connectivity index (χ3n) is 3.62. The lowest BCUT2D eigenvalue weighted by Gasteiger charge is -2.09. The van der Waals surface area contributed by atoms with Crippen LogP contribution in [0, 0.1) is 0 Å². The Bertz CT molecular complexity index is 853. The highest BCUT2D eigenvalue weighted by molar-refractivity contribution is 7.19. The number of rotatable bonds is 3. The van der Waals surface area contributed by atoms with Gasteiger partial charge in [0.05, 0.1) is 5.39 Å². The predicted molar refractivity (Wildman–Crippen MR) is 77.5 cm³/mol. The van der Waals surface area contributed by atoms with Crippen LogP contribution < -0.4 is 10.5 Å². The highest BCUT2D eigenvalue weighted by Crippen LogP contribution is 2.37. The summed E-state index contributed by atoms with van der Waals surface area (Å²) in [6.07, 6.45) is 6.22. The van der Waals surface area contributed by atoms with Crippen molar-refractivity contribution in [2.24, 2.45) is 5.73 Å². The maximum absolute atomic E-state index is 10.8. The summed E-state index contributed by atoms with van der Waals surface area (Å²) >= 11 is 1.73. The maximum atomic E-state index is 10.8. The first-order chi connectivity index (χ1) is 10.2. The number of ether oxygens (including phenoxy) is 1. The minimum atomic E-state index is -0.551. The first-order valence-corrected chi connectivity index (χ1v) is 7.61. The topological polar surface area (TPSA) is 95.4 Å². The average Bonchev–Trinajstić information content (AvgIpc) is 3.04. The third kappa shape index (κ3) is 2.02. The predicted octanol–water partition coefficient (Wildman–Crippen LogP) is 1.08. The molecule has 0 saturated carbocycles. The van der Waals surface area contributed by atoms with Crippen molar-refractivity contribution in [3.05, 3.63) is 16.8 Å². The van der Waals surface area contributed by atoms with E-state index < -0.39 is 5.91 Å². The molecule has 7 nitrogen and oxygen atoms in total. The second kappa shape index (κ2) is 4.66. The van der Waals surface area contributed by atoms with Gasteiger partial charge in [0, 0.05) is 4.88 Å². The first kappa shape index (κ1) is 12.5. The van der Waals surface area contributed by atoms with Crippen molar-refractivity contribution < 1.29 is 9.53 Å². The molecule has 8 heteroatoms. The largest absolute Gasteiger partial charge is 0.452 e. The molecule has 1 aliphatic carbocycles. The third-order valence-corrected chi connectivity index (χ3v) is 4.82. The standard InChI is InChI=1S/C13H13N5O2S/c14-9(19)5-20-13-16-11-10-7-3-1-2-4-8(7)21-12(10)15-6-18(11)17-13/h6H,1-5H2,(H2,14,19). The fourth-order valence-corrected chi connectivity index (χ4v) is 3.96. The first-order valence-electron chi connectivity index (χ1n) is 6.79. The van der Waals surface area contributed by atoms with Crippen molar-refractivity contribution in [1.82, 2.24) is 19.6 Å². The Hall–Kier alpha value is -2.22. The Balaban J connectivity index is 1.87. The molecule has 4 rings (SSSR count). The van der Waals surface area contributed by atoms with Gasteiger partial charge in [-0.15, -0.1) is 16.4 Å². The Labute approximate surface area is 123 Å². The molecule has 0 radical (unpaired) electrons. The van der Waals surface area contributed by atoms with Crippen molar-refractivity contribution in [2.75, 3.05) is 6.61 Å². The molecule has 0 bridgehead atoms. The number of fused-ring (bicyclic) bond motifs is 5. The summed E-state index contributed by atoms with van der Waals surface area (Å²) in [5.74, 6) is -0.551. The summed E-state index contributed by atoms with van der Waals surface area (Å²) in [5, 5.41) is 5.25. The van der Waals surface area contributed by atoms with Crippen molar-refractivity contribution in [3.63, 3.8) is 0 Å². The molecule has 0 atom stereocenters. The molecule has 2 N–H and O–H groups in total. The zero-order valence-electron chi connectivity index (χ0n) is 11.2. The molecule has 0 saturated heterocycles. The molecule has 0 aliphatic heterocycles. The van der Waals surface area contributed by atoms with Gasteiger partial charge >= 0.3 is 6.01 Å². The number of primary amides is 1. The molecule has 1 amide bonds. The van der Waals surface area contributed by atoms with Crippen molar-refractivity contribution in [3.8, 4) is 6.01 Å². The van der Waals surface area contributed by atoms with Crippen LogP contribution in [0.2, 0.25) is 0 Å². The van der Waals surface area contributed by atoms with E-state index in [1.54, 1.807) is 22.2 Å². The van der Waals surface area contributed by atoms with Crippen LogP contribution in [0.1, 0.15) is 23.3 Å². The van der Waals surface area contributed by atoms with Crippen LogP contribution in [-0.2, 0) is 17.6 Å². The van der Waals surface area contributed by atoms with E-state index in [-0.39, 0.29) is 12.6 Å². The number of hydrogen-bond acceptors (Lipinski definition) is 6.